The molecular formula is C11H25NO3S. The number of sulfonamides is 1. The van der Waals surface area contributed by atoms with E-state index in [0.29, 0.717) is 6.61 Å². The first-order valence-corrected chi connectivity index (χ1v) is 7.17. The molecule has 0 radical (unpaired) electrons. The largest absolute Gasteiger partial charge is 0.376 e. The Balaban J connectivity index is 4.60. The molecule has 0 aliphatic carbocycles. The molecule has 0 aromatic heterocycles. The minimum absolute atomic E-state index is 0.0351. The summed E-state index contributed by atoms with van der Waals surface area (Å²) in [7, 11) is -3.45. The number of rotatable bonds is 4. The molecule has 0 aromatic rings. The zero-order valence-corrected chi connectivity index (χ0v) is 12.0. The monoisotopic (exact) mass is 251 g/mol. The van der Waals surface area contributed by atoms with Crippen LogP contribution in [-0.2, 0) is 14.8 Å². The number of hydrogen-bond donors (Lipinski definition) is 1. The van der Waals surface area contributed by atoms with Gasteiger partial charge in [-0.2, -0.15) is 0 Å². The van der Waals surface area contributed by atoms with Crippen molar-refractivity contribution in [2.24, 2.45) is 16.5 Å². The van der Waals surface area contributed by atoms with Crippen molar-refractivity contribution in [1.29, 1.82) is 0 Å². The highest BCUT2D eigenvalue weighted by Gasteiger charge is 2.29. The molecule has 0 heterocycles. The molecule has 1 atom stereocenters. The van der Waals surface area contributed by atoms with Gasteiger partial charge in [-0.15, -0.1) is 0 Å². The van der Waals surface area contributed by atoms with Gasteiger partial charge in [0.2, 0.25) is 10.0 Å². The van der Waals surface area contributed by atoms with E-state index < -0.39 is 10.0 Å². The molecule has 16 heavy (non-hydrogen) atoms. The van der Waals surface area contributed by atoms with E-state index in [0.717, 1.165) is 0 Å². The standard InChI is InChI=1S/C11H25NO3S/c1-10(2,3)9(8-16(12,13)14)7-15-11(4,5)6/h9H,7-8H2,1-6H3,(H2,12,13,14). The fraction of sp³-hybridized carbons (Fsp3) is 1.00. The Hall–Kier alpha value is -0.130. The lowest BCUT2D eigenvalue weighted by molar-refractivity contribution is -0.0363. The zero-order valence-electron chi connectivity index (χ0n) is 11.2. The molecular weight excluding hydrogens is 226 g/mol. The normalized spacial score (nSPS) is 16.2. The fourth-order valence-electron chi connectivity index (χ4n) is 1.18. The molecule has 0 spiro atoms. The van der Waals surface area contributed by atoms with E-state index >= 15 is 0 Å². The van der Waals surface area contributed by atoms with Gasteiger partial charge in [-0.25, -0.2) is 13.6 Å². The van der Waals surface area contributed by atoms with Gasteiger partial charge in [0.25, 0.3) is 0 Å². The molecule has 98 valence electrons. The maximum Gasteiger partial charge on any atom is 0.209 e. The Kier molecular flexibility index (Phi) is 4.98. The number of primary sulfonamides is 1. The van der Waals surface area contributed by atoms with Crippen LogP contribution in [0.15, 0.2) is 0 Å². The second-order valence-corrected chi connectivity index (χ2v) is 7.97. The van der Waals surface area contributed by atoms with Crippen molar-refractivity contribution < 1.29 is 13.2 Å². The molecule has 0 bridgehead atoms. The average Bonchev–Trinajstić information content (AvgIpc) is 1.91. The first-order valence-electron chi connectivity index (χ1n) is 5.46. The molecule has 0 aromatic carbocycles. The Labute approximate surface area is 99.6 Å². The van der Waals surface area contributed by atoms with Gasteiger partial charge in [-0.3, -0.25) is 0 Å². The lowest BCUT2D eigenvalue weighted by Gasteiger charge is -2.32. The van der Waals surface area contributed by atoms with Crippen LogP contribution in [0.25, 0.3) is 0 Å². The summed E-state index contributed by atoms with van der Waals surface area (Å²) in [5.41, 5.74) is -0.403. The van der Waals surface area contributed by atoms with Crippen LogP contribution in [0.1, 0.15) is 41.5 Å². The van der Waals surface area contributed by atoms with E-state index in [1.54, 1.807) is 0 Å². The van der Waals surface area contributed by atoms with Crippen molar-refractivity contribution in [2.75, 3.05) is 12.4 Å². The predicted octanol–water partition coefficient (Wildman–Crippen LogP) is 1.75. The summed E-state index contributed by atoms with van der Waals surface area (Å²) in [4.78, 5) is 0. The van der Waals surface area contributed by atoms with Crippen LogP contribution < -0.4 is 5.14 Å². The fourth-order valence-corrected chi connectivity index (χ4v) is 2.34. The van der Waals surface area contributed by atoms with E-state index in [1.165, 1.54) is 0 Å². The molecule has 1 unspecified atom stereocenters. The summed E-state index contributed by atoms with van der Waals surface area (Å²) >= 11 is 0. The smallest absolute Gasteiger partial charge is 0.209 e. The molecule has 0 aliphatic rings. The number of nitrogens with two attached hydrogens (primary N) is 1. The van der Waals surface area contributed by atoms with Crippen LogP contribution in [0.5, 0.6) is 0 Å². The Morgan fingerprint density at radius 3 is 1.81 bits per heavy atom. The van der Waals surface area contributed by atoms with Crippen molar-refractivity contribution in [3.63, 3.8) is 0 Å². The Bertz CT molecular complexity index is 309. The van der Waals surface area contributed by atoms with E-state index in [4.69, 9.17) is 9.88 Å². The van der Waals surface area contributed by atoms with Crippen molar-refractivity contribution in [3.8, 4) is 0 Å². The van der Waals surface area contributed by atoms with Crippen molar-refractivity contribution in [2.45, 2.75) is 47.1 Å². The van der Waals surface area contributed by atoms with Crippen LogP contribution in [0, 0.1) is 11.3 Å². The van der Waals surface area contributed by atoms with Crippen molar-refractivity contribution >= 4 is 10.0 Å². The molecule has 0 saturated heterocycles. The summed E-state index contributed by atoms with van der Waals surface area (Å²) in [6.45, 7) is 12.2. The van der Waals surface area contributed by atoms with Gasteiger partial charge in [-0.05, 0) is 26.2 Å². The van der Waals surface area contributed by atoms with E-state index in [9.17, 15) is 8.42 Å². The minimum atomic E-state index is -3.45. The molecule has 4 nitrogen and oxygen atoms in total. The molecule has 0 amide bonds. The van der Waals surface area contributed by atoms with E-state index in [1.807, 2.05) is 41.5 Å². The highest BCUT2D eigenvalue weighted by atomic mass is 32.2. The summed E-state index contributed by atoms with van der Waals surface area (Å²) in [5, 5.41) is 5.09. The first kappa shape index (κ1) is 15.9. The maximum atomic E-state index is 11.1. The third-order valence-corrected chi connectivity index (χ3v) is 3.24. The molecule has 0 fully saturated rings. The Morgan fingerprint density at radius 2 is 1.56 bits per heavy atom. The molecule has 5 heteroatoms. The first-order chi connectivity index (χ1) is 6.81. The maximum absolute atomic E-state index is 11.1. The summed E-state index contributed by atoms with van der Waals surface area (Å²) in [6, 6.07) is 0. The topological polar surface area (TPSA) is 69.4 Å². The van der Waals surface area contributed by atoms with Gasteiger partial charge >= 0.3 is 0 Å². The summed E-state index contributed by atoms with van der Waals surface area (Å²) < 4.78 is 27.9. The quantitative estimate of drug-likeness (QED) is 0.827. The third kappa shape index (κ3) is 8.07. The van der Waals surface area contributed by atoms with Crippen LogP contribution >= 0.6 is 0 Å². The zero-order chi connectivity index (χ0) is 13.2. The van der Waals surface area contributed by atoms with Gasteiger partial charge in [-0.1, -0.05) is 20.8 Å². The molecule has 0 aliphatic heterocycles. The molecule has 0 saturated carbocycles. The highest BCUT2D eigenvalue weighted by molar-refractivity contribution is 7.89. The number of hydrogen-bond acceptors (Lipinski definition) is 3. The molecule has 0 rings (SSSR count). The lowest BCUT2D eigenvalue weighted by atomic mass is 9.82. The van der Waals surface area contributed by atoms with Crippen molar-refractivity contribution in [3.05, 3.63) is 0 Å². The highest BCUT2D eigenvalue weighted by Crippen LogP contribution is 2.28. The SMILES string of the molecule is CC(C)(C)OCC(CS(N)(=O)=O)C(C)(C)C. The van der Waals surface area contributed by atoms with Gasteiger partial charge < -0.3 is 4.74 Å². The Morgan fingerprint density at radius 1 is 1.12 bits per heavy atom. The van der Waals surface area contributed by atoms with E-state index in [2.05, 4.69) is 0 Å². The second kappa shape index (κ2) is 5.02. The summed E-state index contributed by atoms with van der Waals surface area (Å²) in [6.07, 6.45) is 0. The second-order valence-electron chi connectivity index (χ2n) is 6.32. The molecule has 2 N–H and O–H groups in total. The third-order valence-electron chi connectivity index (χ3n) is 2.38. The lowest BCUT2D eigenvalue weighted by Crippen LogP contribution is -2.36. The number of ether oxygens (including phenoxy) is 1. The summed E-state index contributed by atoms with van der Waals surface area (Å²) in [5.74, 6) is -0.131. The van der Waals surface area contributed by atoms with Crippen molar-refractivity contribution in [1.82, 2.24) is 0 Å². The van der Waals surface area contributed by atoms with E-state index in [-0.39, 0.29) is 22.7 Å². The van der Waals surface area contributed by atoms with Crippen LogP contribution in [0.3, 0.4) is 0 Å². The average molecular weight is 251 g/mol. The van der Waals surface area contributed by atoms with Gasteiger partial charge in [0.1, 0.15) is 0 Å². The van der Waals surface area contributed by atoms with Crippen LogP contribution in [-0.4, -0.2) is 26.4 Å². The predicted molar refractivity (Wildman–Crippen MR) is 66.6 cm³/mol. The van der Waals surface area contributed by atoms with Crippen LogP contribution in [0.2, 0.25) is 0 Å². The van der Waals surface area contributed by atoms with Gasteiger partial charge in [0.15, 0.2) is 0 Å². The van der Waals surface area contributed by atoms with Gasteiger partial charge in [0.05, 0.1) is 18.0 Å². The minimum Gasteiger partial charge on any atom is -0.376 e. The van der Waals surface area contributed by atoms with Crippen LogP contribution in [0.4, 0.5) is 0 Å². The van der Waals surface area contributed by atoms with Gasteiger partial charge in [0, 0.05) is 5.92 Å².